The number of aliphatic imine (C=N–C) groups is 2. The van der Waals surface area contributed by atoms with Crippen molar-refractivity contribution in [1.82, 2.24) is 14.8 Å². The first-order valence-corrected chi connectivity index (χ1v) is 6.67. The Kier molecular flexibility index (Phi) is 3.63. The van der Waals surface area contributed by atoms with Gasteiger partial charge in [0.25, 0.3) is 0 Å². The number of amidine groups is 1. The summed E-state index contributed by atoms with van der Waals surface area (Å²) in [7, 11) is 0. The molecule has 2 heterocycles. The van der Waals surface area contributed by atoms with E-state index < -0.39 is 0 Å². The molecule has 0 N–H and O–H groups in total. The van der Waals surface area contributed by atoms with E-state index in [-0.39, 0.29) is 0 Å². The largest absolute Gasteiger partial charge is 0.217 e. The highest BCUT2D eigenvalue weighted by Gasteiger charge is 2.12. The van der Waals surface area contributed by atoms with Gasteiger partial charge in [-0.25, -0.2) is 19.7 Å². The van der Waals surface area contributed by atoms with E-state index in [1.165, 1.54) is 11.8 Å². The van der Waals surface area contributed by atoms with E-state index in [0.29, 0.717) is 16.7 Å². The van der Waals surface area contributed by atoms with Gasteiger partial charge in [0.2, 0.25) is 0 Å². The van der Waals surface area contributed by atoms with E-state index in [0.717, 1.165) is 17.5 Å². The molecular weight excluding hydrogens is 258 g/mol. The molecule has 0 bridgehead atoms. The maximum atomic E-state index is 5.93. The van der Waals surface area contributed by atoms with E-state index in [1.807, 2.05) is 26.2 Å². The number of hydrogen-bond donors (Lipinski definition) is 0. The third kappa shape index (κ3) is 2.76. The van der Waals surface area contributed by atoms with Crippen LogP contribution in [0.4, 0.5) is 0 Å². The number of aryl methyl sites for hydroxylation is 2. The second-order valence-corrected chi connectivity index (χ2v) is 4.64. The molecule has 0 fully saturated rings. The molecule has 0 spiro atoms. The van der Waals surface area contributed by atoms with Crippen molar-refractivity contribution >= 4 is 34.4 Å². The average molecular weight is 270 g/mol. The van der Waals surface area contributed by atoms with Gasteiger partial charge in [0.05, 0.1) is 0 Å². The molecule has 1 aromatic rings. The molecule has 7 heteroatoms. The lowest BCUT2D eigenvalue weighted by molar-refractivity contribution is 0.865. The predicted octanol–water partition coefficient (Wildman–Crippen LogP) is 2.34. The fraction of sp³-hybridized carbons (Fsp3) is 0.400. The van der Waals surface area contributed by atoms with Crippen molar-refractivity contribution in [1.29, 1.82) is 0 Å². The molecular formula is C10H12ClN5S. The Morgan fingerprint density at radius 3 is 2.71 bits per heavy atom. The number of allylic oxidation sites excluding steroid dienone is 1. The topological polar surface area (TPSA) is 55.4 Å². The Morgan fingerprint density at radius 1 is 1.35 bits per heavy atom. The summed E-state index contributed by atoms with van der Waals surface area (Å²) in [6.45, 7) is 3.75. The summed E-state index contributed by atoms with van der Waals surface area (Å²) in [6, 6.07) is 0. The lowest BCUT2D eigenvalue weighted by Crippen LogP contribution is -2.15. The number of halogens is 1. The zero-order chi connectivity index (χ0) is 12.4. The Hall–Kier alpha value is -1.14. The van der Waals surface area contributed by atoms with Crippen LogP contribution in [0.15, 0.2) is 21.2 Å². The molecule has 0 aliphatic carbocycles. The number of hydrogen-bond acceptors (Lipinski definition) is 5. The van der Waals surface area contributed by atoms with Gasteiger partial charge in [-0.05, 0) is 26.2 Å². The summed E-state index contributed by atoms with van der Waals surface area (Å²) >= 11 is 7.38. The molecule has 0 aromatic carbocycles. The Bertz CT molecular complexity index is 529. The SMILES string of the molecule is CSC1=NC(Cl)=CCC(n2nc(C)nc2C)=N1. The van der Waals surface area contributed by atoms with E-state index in [9.17, 15) is 0 Å². The van der Waals surface area contributed by atoms with Crippen molar-refractivity contribution in [2.45, 2.75) is 20.3 Å². The van der Waals surface area contributed by atoms with Gasteiger partial charge in [0.15, 0.2) is 5.17 Å². The third-order valence-corrected chi connectivity index (χ3v) is 2.97. The standard InChI is InChI=1S/C10H12ClN5S/c1-6-12-7(2)16(15-6)9-5-4-8(11)13-10(14-9)17-3/h4H,5H2,1-3H3. The van der Waals surface area contributed by atoms with Crippen molar-refractivity contribution in [3.05, 3.63) is 22.9 Å². The fourth-order valence-electron chi connectivity index (χ4n) is 1.48. The summed E-state index contributed by atoms with van der Waals surface area (Å²) in [4.78, 5) is 12.9. The molecule has 5 nitrogen and oxygen atoms in total. The van der Waals surface area contributed by atoms with Gasteiger partial charge in [0.1, 0.15) is 22.6 Å². The van der Waals surface area contributed by atoms with Crippen molar-refractivity contribution in [3.8, 4) is 0 Å². The first-order chi connectivity index (χ1) is 8.10. The normalized spacial score (nSPS) is 16.1. The quantitative estimate of drug-likeness (QED) is 0.680. The number of thioether (sulfide) groups is 1. The highest BCUT2D eigenvalue weighted by molar-refractivity contribution is 8.13. The third-order valence-electron chi connectivity index (χ3n) is 2.18. The first-order valence-electron chi connectivity index (χ1n) is 5.06. The maximum absolute atomic E-state index is 5.93. The Balaban J connectivity index is 2.43. The predicted molar refractivity (Wildman–Crippen MR) is 71.8 cm³/mol. The zero-order valence-corrected chi connectivity index (χ0v) is 11.4. The summed E-state index contributed by atoms with van der Waals surface area (Å²) in [5.74, 6) is 2.33. The lowest BCUT2D eigenvalue weighted by Gasteiger charge is -2.03. The molecule has 17 heavy (non-hydrogen) atoms. The van der Waals surface area contributed by atoms with E-state index in [4.69, 9.17) is 11.6 Å². The van der Waals surface area contributed by atoms with Crippen LogP contribution in [0.5, 0.6) is 0 Å². The summed E-state index contributed by atoms with van der Waals surface area (Å²) in [6.07, 6.45) is 4.32. The molecule has 0 amide bonds. The molecule has 1 aliphatic heterocycles. The monoisotopic (exact) mass is 269 g/mol. The molecule has 90 valence electrons. The van der Waals surface area contributed by atoms with Crippen molar-refractivity contribution in [3.63, 3.8) is 0 Å². The van der Waals surface area contributed by atoms with Crippen LogP contribution in [-0.4, -0.2) is 32.0 Å². The molecule has 0 unspecified atom stereocenters. The van der Waals surface area contributed by atoms with Crippen LogP contribution in [0.25, 0.3) is 0 Å². The minimum absolute atomic E-state index is 0.461. The number of rotatable bonds is 0. The minimum atomic E-state index is 0.461. The van der Waals surface area contributed by atoms with Crippen molar-refractivity contribution < 1.29 is 0 Å². The Morgan fingerprint density at radius 2 is 2.12 bits per heavy atom. The minimum Gasteiger partial charge on any atom is -0.217 e. The molecule has 0 atom stereocenters. The van der Waals surface area contributed by atoms with Crippen LogP contribution in [0.3, 0.4) is 0 Å². The van der Waals surface area contributed by atoms with Gasteiger partial charge in [-0.1, -0.05) is 23.4 Å². The molecule has 0 radical (unpaired) electrons. The molecule has 1 aromatic heterocycles. The van der Waals surface area contributed by atoms with Gasteiger partial charge in [-0.3, -0.25) is 0 Å². The molecule has 0 saturated carbocycles. The van der Waals surface area contributed by atoms with Crippen molar-refractivity contribution in [2.75, 3.05) is 6.26 Å². The number of nitrogens with zero attached hydrogens (tertiary/aromatic N) is 5. The molecule has 1 aliphatic rings. The summed E-state index contributed by atoms with van der Waals surface area (Å²) in [5.41, 5.74) is 0. The second-order valence-electron chi connectivity index (χ2n) is 3.48. The first kappa shape index (κ1) is 12.3. The second kappa shape index (κ2) is 5.01. The van der Waals surface area contributed by atoms with Crippen LogP contribution in [-0.2, 0) is 0 Å². The average Bonchev–Trinajstić information content (AvgIpc) is 2.50. The van der Waals surface area contributed by atoms with Crippen LogP contribution >= 0.6 is 23.4 Å². The summed E-state index contributed by atoms with van der Waals surface area (Å²) < 4.78 is 1.73. The van der Waals surface area contributed by atoms with Crippen LogP contribution in [0.2, 0.25) is 0 Å². The van der Waals surface area contributed by atoms with Gasteiger partial charge >= 0.3 is 0 Å². The zero-order valence-electron chi connectivity index (χ0n) is 9.81. The molecule has 0 saturated heterocycles. The number of aromatic nitrogens is 3. The highest BCUT2D eigenvalue weighted by atomic mass is 35.5. The van der Waals surface area contributed by atoms with E-state index in [2.05, 4.69) is 20.1 Å². The van der Waals surface area contributed by atoms with Crippen molar-refractivity contribution in [2.24, 2.45) is 9.98 Å². The fourth-order valence-corrected chi connectivity index (χ4v) is 2.08. The maximum Gasteiger partial charge on any atom is 0.190 e. The lowest BCUT2D eigenvalue weighted by atomic mass is 10.4. The smallest absolute Gasteiger partial charge is 0.190 e. The highest BCUT2D eigenvalue weighted by Crippen LogP contribution is 2.15. The van der Waals surface area contributed by atoms with Gasteiger partial charge < -0.3 is 0 Å². The van der Waals surface area contributed by atoms with Gasteiger partial charge in [-0.2, -0.15) is 5.10 Å². The Labute approximate surface area is 109 Å². The summed E-state index contributed by atoms with van der Waals surface area (Å²) in [5, 5.41) is 5.40. The van der Waals surface area contributed by atoms with Gasteiger partial charge in [0, 0.05) is 6.42 Å². The van der Waals surface area contributed by atoms with E-state index in [1.54, 1.807) is 4.68 Å². The van der Waals surface area contributed by atoms with Crippen LogP contribution in [0.1, 0.15) is 18.1 Å². The van der Waals surface area contributed by atoms with Crippen LogP contribution < -0.4 is 0 Å². The van der Waals surface area contributed by atoms with E-state index >= 15 is 0 Å². The molecule has 2 rings (SSSR count). The van der Waals surface area contributed by atoms with Gasteiger partial charge in [-0.15, -0.1) is 0 Å². The van der Waals surface area contributed by atoms with Crippen LogP contribution in [0, 0.1) is 13.8 Å².